The molecule has 10 heteroatoms. The van der Waals surface area contributed by atoms with E-state index in [4.69, 9.17) is 12.2 Å². The molecule has 2 aromatic heterocycles. The Bertz CT molecular complexity index is 1740. The number of hydrogen-bond acceptors (Lipinski definition) is 7. The number of aromatic nitrogens is 3. The van der Waals surface area contributed by atoms with Crippen LogP contribution in [0.5, 0.6) is 5.88 Å². The predicted molar refractivity (Wildman–Crippen MR) is 146 cm³/mol. The van der Waals surface area contributed by atoms with Crippen molar-refractivity contribution < 1.29 is 5.11 Å². The second-order valence-corrected chi connectivity index (χ2v) is 11.9. The van der Waals surface area contributed by atoms with Gasteiger partial charge in [-0.3, -0.25) is 14.3 Å². The average Bonchev–Trinajstić information content (AvgIpc) is 3.56. The van der Waals surface area contributed by atoms with Gasteiger partial charge in [0, 0.05) is 22.5 Å². The number of H-pyrrole nitrogens is 2. The first-order valence-corrected chi connectivity index (χ1v) is 13.6. The summed E-state index contributed by atoms with van der Waals surface area (Å²) in [6, 6.07) is 11.5. The van der Waals surface area contributed by atoms with Crippen LogP contribution in [0.3, 0.4) is 0 Å². The highest BCUT2D eigenvalue weighted by Gasteiger charge is 2.44. The Morgan fingerprint density at radius 1 is 1.00 bits per heavy atom. The molecule has 2 bridgehead atoms. The number of aromatic amines is 2. The van der Waals surface area contributed by atoms with Crippen molar-refractivity contribution in [2.45, 2.75) is 52.5 Å². The Morgan fingerprint density at radius 2 is 1.66 bits per heavy atom. The van der Waals surface area contributed by atoms with Crippen molar-refractivity contribution >= 4 is 24.1 Å². The molecule has 0 amide bonds. The fourth-order valence-corrected chi connectivity index (χ4v) is 7.41. The average molecular weight is 530 g/mol. The van der Waals surface area contributed by atoms with Gasteiger partial charge in [0.25, 0.3) is 5.56 Å². The Hall–Kier alpha value is -3.66. The molecule has 0 radical (unpaired) electrons. The zero-order chi connectivity index (χ0) is 26.4. The fraction of sp³-hybridized carbons (Fsp3) is 0.429. The van der Waals surface area contributed by atoms with E-state index in [1.165, 1.54) is 12.8 Å². The lowest BCUT2D eigenvalue weighted by molar-refractivity contribution is 0.00261. The molecule has 1 aliphatic heterocycles. The summed E-state index contributed by atoms with van der Waals surface area (Å²) in [5.41, 5.74) is -0.0989. The summed E-state index contributed by atoms with van der Waals surface area (Å²) in [6.45, 7) is 5.30. The highest BCUT2D eigenvalue weighted by atomic mass is 32.1. The molecule has 9 nitrogen and oxygen atoms in total. The van der Waals surface area contributed by atoms with E-state index in [0.717, 1.165) is 41.0 Å². The summed E-state index contributed by atoms with van der Waals surface area (Å²) in [4.78, 5) is 19.0. The van der Waals surface area contributed by atoms with E-state index in [0.29, 0.717) is 29.6 Å². The molecular formula is C28H31N7O2S. The van der Waals surface area contributed by atoms with Crippen LogP contribution in [0.25, 0.3) is 11.9 Å². The minimum absolute atomic E-state index is 0.0708. The molecule has 2 atom stereocenters. The van der Waals surface area contributed by atoms with Gasteiger partial charge in [0.05, 0.1) is 0 Å². The van der Waals surface area contributed by atoms with Gasteiger partial charge in [-0.2, -0.15) is 0 Å². The van der Waals surface area contributed by atoms with Crippen LogP contribution in [0.15, 0.2) is 61.9 Å². The third-order valence-electron chi connectivity index (χ3n) is 8.24. The first-order chi connectivity index (χ1) is 18.3. The van der Waals surface area contributed by atoms with Crippen LogP contribution in [0.2, 0.25) is 0 Å². The van der Waals surface area contributed by atoms with Crippen LogP contribution in [-0.4, -0.2) is 19.6 Å². The standard InChI is InChI=1S/C28H31N7O2S/c1-16-9-18-10-17(2)13-28(12-16,14-18)15-35-26(37)22(25(36)30-27(35)38)11-21-7-8-23(29-21)19-3-5-20(6-4-19)24-31-33-34-32-24/h3-8,11,16-18,29,37H,9-10,12-15H2,1-2H3,(H,30,36,38). The maximum Gasteiger partial charge on any atom is 0.262 e. The van der Waals surface area contributed by atoms with E-state index < -0.39 is 5.56 Å². The highest BCUT2D eigenvalue weighted by molar-refractivity contribution is 7.71. The molecule has 38 heavy (non-hydrogen) atoms. The SMILES string of the molecule is CC1CC2CC(C)CC(Cn3c(O)c(C=c4ccc(=c5ccc(=C6N=NN=N6)cc5)[nH]4)c(=O)[nH]c3=S)(C1)C2. The van der Waals surface area contributed by atoms with Gasteiger partial charge < -0.3 is 10.1 Å². The van der Waals surface area contributed by atoms with Crippen LogP contribution in [0, 0.1) is 38.5 Å². The number of fused-ring (bicyclic) bond motifs is 2. The van der Waals surface area contributed by atoms with Gasteiger partial charge >= 0.3 is 0 Å². The normalized spacial score (nSPS) is 26.8. The van der Waals surface area contributed by atoms with Gasteiger partial charge in [-0.05, 0) is 101 Å². The molecule has 2 unspecified atom stereocenters. The summed E-state index contributed by atoms with van der Waals surface area (Å²) in [5, 5.41) is 29.5. The van der Waals surface area contributed by atoms with Gasteiger partial charge in [-0.15, -0.1) is 10.2 Å². The lowest BCUT2D eigenvalue weighted by atomic mass is 9.57. The Balaban J connectivity index is 1.38. The zero-order valence-corrected chi connectivity index (χ0v) is 22.3. The summed E-state index contributed by atoms with van der Waals surface area (Å²) in [5.74, 6) is 2.44. The summed E-state index contributed by atoms with van der Waals surface area (Å²) in [6.07, 6.45) is 7.64. The van der Waals surface area contributed by atoms with Crippen LogP contribution in [-0.2, 0) is 6.54 Å². The molecule has 196 valence electrons. The van der Waals surface area contributed by atoms with E-state index in [2.05, 4.69) is 44.5 Å². The molecular weight excluding hydrogens is 498 g/mol. The smallest absolute Gasteiger partial charge is 0.262 e. The lowest BCUT2D eigenvalue weighted by Crippen LogP contribution is -2.42. The molecule has 2 fully saturated rings. The minimum atomic E-state index is -0.398. The molecule has 3 N–H and O–H groups in total. The van der Waals surface area contributed by atoms with E-state index in [9.17, 15) is 9.90 Å². The largest absolute Gasteiger partial charge is 0.494 e. The molecule has 6 rings (SSSR count). The maximum absolute atomic E-state index is 12.9. The van der Waals surface area contributed by atoms with Gasteiger partial charge in [-0.1, -0.05) is 38.1 Å². The summed E-state index contributed by atoms with van der Waals surface area (Å²) in [7, 11) is 0. The highest BCUT2D eigenvalue weighted by Crippen LogP contribution is 2.53. The predicted octanol–water partition coefficient (Wildman–Crippen LogP) is 4.81. The fourth-order valence-electron chi connectivity index (χ4n) is 7.17. The molecule has 0 spiro atoms. The summed E-state index contributed by atoms with van der Waals surface area (Å²) >= 11 is 5.54. The molecule has 3 heterocycles. The van der Waals surface area contributed by atoms with Gasteiger partial charge in [-0.25, -0.2) is 0 Å². The van der Waals surface area contributed by atoms with Gasteiger partial charge in [0.1, 0.15) is 5.56 Å². The van der Waals surface area contributed by atoms with E-state index in [1.807, 2.05) is 36.4 Å². The maximum atomic E-state index is 12.9. The second-order valence-electron chi connectivity index (χ2n) is 11.5. The number of hydrogen-bond donors (Lipinski definition) is 3. The first-order valence-electron chi connectivity index (χ1n) is 13.2. The minimum Gasteiger partial charge on any atom is -0.494 e. The van der Waals surface area contributed by atoms with Crippen molar-refractivity contribution in [1.29, 1.82) is 0 Å². The second kappa shape index (κ2) is 9.58. The van der Waals surface area contributed by atoms with Crippen LogP contribution < -0.4 is 16.1 Å². The number of nitrogens with zero attached hydrogens (tertiary/aromatic N) is 5. The van der Waals surface area contributed by atoms with Gasteiger partial charge in [0.2, 0.25) is 11.7 Å². The Morgan fingerprint density at radius 3 is 2.34 bits per heavy atom. The molecule has 0 saturated heterocycles. The number of benzene rings is 1. The van der Waals surface area contributed by atoms with E-state index in [1.54, 1.807) is 10.6 Å². The number of aromatic hydroxyl groups is 1. The third kappa shape index (κ3) is 4.69. The van der Waals surface area contributed by atoms with Crippen LogP contribution in [0.1, 0.15) is 51.5 Å². The first kappa shape index (κ1) is 24.7. The van der Waals surface area contributed by atoms with Crippen LogP contribution in [0.4, 0.5) is 0 Å². The molecule has 3 aromatic rings. The van der Waals surface area contributed by atoms with Crippen molar-refractivity contribution in [2.75, 3.05) is 0 Å². The number of nitrogens with one attached hydrogen (secondary N) is 2. The Labute approximate surface area is 224 Å². The summed E-state index contributed by atoms with van der Waals surface area (Å²) < 4.78 is 2.02. The molecule has 1 aromatic carbocycles. The lowest BCUT2D eigenvalue weighted by Gasteiger charge is -2.50. The van der Waals surface area contributed by atoms with Crippen molar-refractivity contribution in [3.63, 3.8) is 0 Å². The molecule has 2 aliphatic carbocycles. The van der Waals surface area contributed by atoms with Crippen molar-refractivity contribution in [2.24, 2.45) is 43.8 Å². The number of rotatable bonds is 3. The van der Waals surface area contributed by atoms with Crippen molar-refractivity contribution in [3.8, 4) is 5.88 Å². The van der Waals surface area contributed by atoms with Crippen molar-refractivity contribution in [3.05, 3.63) is 78.2 Å². The van der Waals surface area contributed by atoms with Crippen LogP contribution >= 0.6 is 12.2 Å². The third-order valence-corrected chi connectivity index (χ3v) is 8.56. The monoisotopic (exact) mass is 529 g/mol. The zero-order valence-electron chi connectivity index (χ0n) is 21.5. The molecule has 2 saturated carbocycles. The van der Waals surface area contributed by atoms with Gasteiger partial charge in [0.15, 0.2) is 4.77 Å². The molecule has 3 aliphatic rings. The quantitative estimate of drug-likeness (QED) is 0.422. The Kier molecular flexibility index (Phi) is 6.22. The van der Waals surface area contributed by atoms with E-state index in [-0.39, 0.29) is 21.6 Å². The van der Waals surface area contributed by atoms with Crippen molar-refractivity contribution in [1.82, 2.24) is 14.5 Å². The van der Waals surface area contributed by atoms with E-state index >= 15 is 0 Å². The topological polar surface area (TPSA) is 123 Å².